The Kier molecular flexibility index (Phi) is 4.99. The van der Waals surface area contributed by atoms with Gasteiger partial charge in [-0.25, -0.2) is 0 Å². The Labute approximate surface area is 109 Å². The number of ether oxygens (including phenoxy) is 2. The number of nitrogens with zero attached hydrogens (tertiary/aromatic N) is 1. The summed E-state index contributed by atoms with van der Waals surface area (Å²) in [7, 11) is 0. The highest BCUT2D eigenvalue weighted by Crippen LogP contribution is 2.24. The Morgan fingerprint density at radius 3 is 2.26 bits per heavy atom. The van der Waals surface area contributed by atoms with Crippen LogP contribution in [-0.4, -0.2) is 16.9 Å². The molecule has 0 atom stereocenters. The Hall–Kier alpha value is -2.44. The van der Waals surface area contributed by atoms with Crippen LogP contribution in [0, 0.1) is 10.1 Å². The van der Waals surface area contributed by atoms with Crippen molar-refractivity contribution in [3.63, 3.8) is 0 Å². The summed E-state index contributed by atoms with van der Waals surface area (Å²) < 4.78 is 9.59. The minimum Gasteiger partial charge on any atom is -0.461 e. The molecule has 0 unspecified atom stereocenters. The zero-order chi connectivity index (χ0) is 14.4. The molecule has 102 valence electrons. The third-order valence-corrected chi connectivity index (χ3v) is 2.30. The number of hydrogen-bond donors (Lipinski definition) is 0. The maximum Gasteiger partial charge on any atom is 0.302 e. The molecule has 0 radical (unpaired) electrons. The van der Waals surface area contributed by atoms with Crippen LogP contribution in [-0.2, 0) is 32.3 Å². The molecule has 0 aliphatic heterocycles. The maximum absolute atomic E-state index is 10.9. The summed E-state index contributed by atoms with van der Waals surface area (Å²) in [6, 6.07) is 4.36. The molecule has 0 aromatic heterocycles. The monoisotopic (exact) mass is 267 g/mol. The van der Waals surface area contributed by atoms with E-state index >= 15 is 0 Å². The molecular weight excluding hydrogens is 254 g/mol. The highest BCUT2D eigenvalue weighted by atomic mass is 16.6. The standard InChI is InChI=1S/C12H13NO6/c1-8(14)18-6-10-4-3-5-12(13(16)17)11(10)7-19-9(2)15/h3-5H,6-7H2,1-2H3. The van der Waals surface area contributed by atoms with Gasteiger partial charge in [-0.05, 0) is 0 Å². The van der Waals surface area contributed by atoms with Gasteiger partial charge in [0.05, 0.1) is 10.5 Å². The van der Waals surface area contributed by atoms with Crippen LogP contribution in [0.25, 0.3) is 0 Å². The van der Waals surface area contributed by atoms with Crippen molar-refractivity contribution in [1.29, 1.82) is 0 Å². The first-order valence-electron chi connectivity index (χ1n) is 5.43. The number of benzene rings is 1. The normalized spacial score (nSPS) is 9.79. The molecule has 1 aromatic carbocycles. The smallest absolute Gasteiger partial charge is 0.302 e. The Morgan fingerprint density at radius 1 is 1.16 bits per heavy atom. The molecule has 1 aromatic rings. The molecule has 0 heterocycles. The van der Waals surface area contributed by atoms with Crippen LogP contribution in [0.5, 0.6) is 0 Å². The lowest BCUT2D eigenvalue weighted by molar-refractivity contribution is -0.385. The van der Waals surface area contributed by atoms with Gasteiger partial charge in [-0.15, -0.1) is 0 Å². The fourth-order valence-electron chi connectivity index (χ4n) is 1.45. The van der Waals surface area contributed by atoms with E-state index in [1.807, 2.05) is 0 Å². The SMILES string of the molecule is CC(=O)OCc1cccc([N+](=O)[O-])c1COC(C)=O. The van der Waals surface area contributed by atoms with Gasteiger partial charge in [0, 0.05) is 25.5 Å². The molecule has 7 nitrogen and oxygen atoms in total. The zero-order valence-corrected chi connectivity index (χ0v) is 10.5. The van der Waals surface area contributed by atoms with Gasteiger partial charge in [0.25, 0.3) is 5.69 Å². The predicted octanol–water partition coefficient (Wildman–Crippen LogP) is 1.72. The number of rotatable bonds is 5. The fourth-order valence-corrected chi connectivity index (χ4v) is 1.45. The molecule has 0 aliphatic carbocycles. The van der Waals surface area contributed by atoms with Crippen molar-refractivity contribution in [1.82, 2.24) is 0 Å². The molecule has 0 spiro atoms. The van der Waals surface area contributed by atoms with Crippen LogP contribution in [0.15, 0.2) is 18.2 Å². The Balaban J connectivity index is 3.06. The topological polar surface area (TPSA) is 95.7 Å². The van der Waals surface area contributed by atoms with Gasteiger partial charge in [-0.2, -0.15) is 0 Å². The predicted molar refractivity (Wildman–Crippen MR) is 64.0 cm³/mol. The first kappa shape index (κ1) is 14.6. The Bertz CT molecular complexity index is 511. The quantitative estimate of drug-likeness (QED) is 0.458. The van der Waals surface area contributed by atoms with E-state index in [9.17, 15) is 19.7 Å². The average Bonchev–Trinajstić information content (AvgIpc) is 2.33. The molecule has 0 amide bonds. The van der Waals surface area contributed by atoms with E-state index in [1.165, 1.54) is 26.0 Å². The second-order valence-corrected chi connectivity index (χ2v) is 3.73. The van der Waals surface area contributed by atoms with Crippen LogP contribution in [0.4, 0.5) is 5.69 Å². The van der Waals surface area contributed by atoms with E-state index in [4.69, 9.17) is 9.47 Å². The van der Waals surface area contributed by atoms with Gasteiger partial charge in [0.2, 0.25) is 0 Å². The van der Waals surface area contributed by atoms with Crippen molar-refractivity contribution in [3.05, 3.63) is 39.4 Å². The van der Waals surface area contributed by atoms with Crippen LogP contribution >= 0.6 is 0 Å². The van der Waals surface area contributed by atoms with Gasteiger partial charge >= 0.3 is 11.9 Å². The lowest BCUT2D eigenvalue weighted by atomic mass is 10.1. The lowest BCUT2D eigenvalue weighted by Gasteiger charge is -2.10. The third kappa shape index (κ3) is 4.38. The number of nitro benzene ring substituents is 1. The second kappa shape index (κ2) is 6.48. The molecule has 19 heavy (non-hydrogen) atoms. The first-order chi connectivity index (χ1) is 8.91. The average molecular weight is 267 g/mol. The number of nitro groups is 1. The van der Waals surface area contributed by atoms with Gasteiger partial charge in [0.15, 0.2) is 0 Å². The summed E-state index contributed by atoms with van der Waals surface area (Å²) in [5.41, 5.74) is 0.487. The first-order valence-corrected chi connectivity index (χ1v) is 5.43. The van der Waals surface area contributed by atoms with Crippen LogP contribution in [0.2, 0.25) is 0 Å². The molecule has 0 N–H and O–H groups in total. The summed E-state index contributed by atoms with van der Waals surface area (Å²) >= 11 is 0. The molecule has 0 saturated carbocycles. The summed E-state index contributed by atoms with van der Waals surface area (Å²) in [4.78, 5) is 31.9. The van der Waals surface area contributed by atoms with Gasteiger partial charge in [-0.3, -0.25) is 19.7 Å². The van der Waals surface area contributed by atoms with Crippen LogP contribution in [0.1, 0.15) is 25.0 Å². The third-order valence-electron chi connectivity index (χ3n) is 2.30. The lowest BCUT2D eigenvalue weighted by Crippen LogP contribution is -2.08. The van der Waals surface area contributed by atoms with E-state index in [-0.39, 0.29) is 24.5 Å². The van der Waals surface area contributed by atoms with Crippen LogP contribution in [0.3, 0.4) is 0 Å². The minimum atomic E-state index is -0.573. The van der Waals surface area contributed by atoms with Gasteiger partial charge < -0.3 is 9.47 Å². The molecule has 1 rings (SSSR count). The van der Waals surface area contributed by atoms with Crippen molar-refractivity contribution < 1.29 is 24.0 Å². The zero-order valence-electron chi connectivity index (χ0n) is 10.5. The van der Waals surface area contributed by atoms with E-state index in [2.05, 4.69) is 0 Å². The van der Waals surface area contributed by atoms with Crippen molar-refractivity contribution in [2.45, 2.75) is 27.1 Å². The van der Waals surface area contributed by atoms with Crippen LogP contribution < -0.4 is 0 Å². The van der Waals surface area contributed by atoms with Crippen molar-refractivity contribution in [2.24, 2.45) is 0 Å². The number of esters is 2. The molecule has 0 aliphatic rings. The largest absolute Gasteiger partial charge is 0.461 e. The van der Waals surface area contributed by atoms with Crippen molar-refractivity contribution in [2.75, 3.05) is 0 Å². The van der Waals surface area contributed by atoms with E-state index < -0.39 is 16.9 Å². The fraction of sp³-hybridized carbons (Fsp3) is 0.333. The number of carbonyl (C=O) groups excluding carboxylic acids is 2. The maximum atomic E-state index is 10.9. The molecule has 0 bridgehead atoms. The highest BCUT2D eigenvalue weighted by Gasteiger charge is 2.18. The summed E-state index contributed by atoms with van der Waals surface area (Å²) in [6.45, 7) is 2.11. The summed E-state index contributed by atoms with van der Waals surface area (Å²) in [5.74, 6) is -1.04. The van der Waals surface area contributed by atoms with E-state index in [0.29, 0.717) is 5.56 Å². The number of carbonyl (C=O) groups is 2. The van der Waals surface area contributed by atoms with Crippen molar-refractivity contribution >= 4 is 17.6 Å². The van der Waals surface area contributed by atoms with Gasteiger partial charge in [-0.1, -0.05) is 12.1 Å². The highest BCUT2D eigenvalue weighted by molar-refractivity contribution is 5.66. The minimum absolute atomic E-state index is 0.104. The Morgan fingerprint density at radius 2 is 1.74 bits per heavy atom. The summed E-state index contributed by atoms with van der Waals surface area (Å²) in [5, 5.41) is 10.9. The number of hydrogen-bond acceptors (Lipinski definition) is 6. The molecule has 0 fully saturated rings. The van der Waals surface area contributed by atoms with E-state index in [1.54, 1.807) is 6.07 Å². The summed E-state index contributed by atoms with van der Waals surface area (Å²) in [6.07, 6.45) is 0. The second-order valence-electron chi connectivity index (χ2n) is 3.73. The molecule has 7 heteroatoms. The van der Waals surface area contributed by atoms with Crippen molar-refractivity contribution in [3.8, 4) is 0 Å². The van der Waals surface area contributed by atoms with Gasteiger partial charge in [0.1, 0.15) is 13.2 Å². The molecule has 0 saturated heterocycles. The van der Waals surface area contributed by atoms with E-state index in [0.717, 1.165) is 0 Å². The molecular formula is C12H13NO6.